The van der Waals surface area contributed by atoms with Crippen molar-refractivity contribution in [2.45, 2.75) is 13.1 Å². The summed E-state index contributed by atoms with van der Waals surface area (Å²) in [5, 5.41) is 4.48. The van der Waals surface area contributed by atoms with E-state index in [1.807, 2.05) is 23.1 Å². The van der Waals surface area contributed by atoms with E-state index < -0.39 is 0 Å². The van der Waals surface area contributed by atoms with Crippen LogP contribution in [0.3, 0.4) is 0 Å². The summed E-state index contributed by atoms with van der Waals surface area (Å²) in [5.74, 6) is 0.147. The number of carbonyl (C=O) groups excluding carboxylic acids is 1. The standard InChI is InChI=1S/C18H16N2OS/c21-18-10-19-16-7-3-1-6-14(16)11-20(18)12-15-9-13-5-2-4-8-17(13)22-15/h1-9,19H,10-12H2. The molecule has 22 heavy (non-hydrogen) atoms. The first kappa shape index (κ1) is 13.3. The molecule has 4 heteroatoms. The average molecular weight is 308 g/mol. The molecule has 1 amide bonds. The maximum absolute atomic E-state index is 12.4. The van der Waals surface area contributed by atoms with E-state index in [1.54, 1.807) is 11.3 Å². The van der Waals surface area contributed by atoms with Crippen LogP contribution in [-0.2, 0) is 17.9 Å². The van der Waals surface area contributed by atoms with Gasteiger partial charge in [-0.3, -0.25) is 4.79 Å². The summed E-state index contributed by atoms with van der Waals surface area (Å²) < 4.78 is 1.28. The summed E-state index contributed by atoms with van der Waals surface area (Å²) in [5.41, 5.74) is 2.24. The van der Waals surface area contributed by atoms with Crippen LogP contribution in [0.1, 0.15) is 10.4 Å². The van der Waals surface area contributed by atoms with Crippen molar-refractivity contribution in [3.63, 3.8) is 0 Å². The molecule has 1 aliphatic rings. The highest BCUT2D eigenvalue weighted by atomic mass is 32.1. The number of nitrogens with zero attached hydrogens (tertiary/aromatic N) is 1. The predicted molar refractivity (Wildman–Crippen MR) is 91.0 cm³/mol. The number of hydrogen-bond acceptors (Lipinski definition) is 3. The molecule has 110 valence electrons. The van der Waals surface area contributed by atoms with E-state index in [2.05, 4.69) is 41.7 Å². The molecule has 0 fully saturated rings. The Morgan fingerprint density at radius 3 is 2.82 bits per heavy atom. The molecule has 0 atom stereocenters. The first-order valence-electron chi connectivity index (χ1n) is 7.36. The third-order valence-corrected chi connectivity index (χ3v) is 5.09. The number of rotatable bonds is 2. The number of hydrogen-bond donors (Lipinski definition) is 1. The number of fused-ring (bicyclic) bond motifs is 2. The van der Waals surface area contributed by atoms with Crippen molar-refractivity contribution >= 4 is 33.0 Å². The van der Waals surface area contributed by atoms with Gasteiger partial charge in [0.05, 0.1) is 13.1 Å². The Morgan fingerprint density at radius 2 is 1.91 bits per heavy atom. The van der Waals surface area contributed by atoms with Gasteiger partial charge in [0.1, 0.15) is 0 Å². The third-order valence-electron chi connectivity index (χ3n) is 3.98. The number of anilines is 1. The molecule has 0 radical (unpaired) electrons. The zero-order chi connectivity index (χ0) is 14.9. The Morgan fingerprint density at radius 1 is 1.09 bits per heavy atom. The Bertz CT molecular complexity index is 807. The number of carbonyl (C=O) groups is 1. The van der Waals surface area contributed by atoms with Crippen LogP contribution in [0, 0.1) is 0 Å². The number of thiophene rings is 1. The second kappa shape index (κ2) is 5.46. The van der Waals surface area contributed by atoms with E-state index in [4.69, 9.17) is 0 Å². The van der Waals surface area contributed by atoms with Gasteiger partial charge in [-0.05, 0) is 29.1 Å². The zero-order valence-electron chi connectivity index (χ0n) is 12.1. The minimum absolute atomic E-state index is 0.147. The molecule has 0 saturated heterocycles. The predicted octanol–water partition coefficient (Wildman–Crippen LogP) is 3.86. The van der Waals surface area contributed by atoms with Crippen LogP contribution < -0.4 is 5.32 Å². The molecule has 4 rings (SSSR count). The van der Waals surface area contributed by atoms with E-state index in [1.165, 1.54) is 20.5 Å². The van der Waals surface area contributed by atoms with Crippen molar-refractivity contribution < 1.29 is 4.79 Å². The van der Waals surface area contributed by atoms with Crippen LogP contribution in [0.15, 0.2) is 54.6 Å². The van der Waals surface area contributed by atoms with Crippen LogP contribution in [0.4, 0.5) is 5.69 Å². The van der Waals surface area contributed by atoms with Gasteiger partial charge in [-0.2, -0.15) is 0 Å². The highest BCUT2D eigenvalue weighted by Gasteiger charge is 2.20. The number of para-hydroxylation sites is 1. The molecular weight excluding hydrogens is 292 g/mol. The summed E-state index contributed by atoms with van der Waals surface area (Å²) in [6.07, 6.45) is 0. The van der Waals surface area contributed by atoms with Gasteiger partial charge in [-0.1, -0.05) is 36.4 Å². The van der Waals surface area contributed by atoms with E-state index >= 15 is 0 Å². The first-order valence-corrected chi connectivity index (χ1v) is 8.18. The quantitative estimate of drug-likeness (QED) is 0.780. The smallest absolute Gasteiger partial charge is 0.242 e. The van der Waals surface area contributed by atoms with Crippen LogP contribution in [0.25, 0.3) is 10.1 Å². The van der Waals surface area contributed by atoms with Gasteiger partial charge < -0.3 is 10.2 Å². The Hall–Kier alpha value is -2.33. The lowest BCUT2D eigenvalue weighted by Gasteiger charge is -2.19. The molecule has 0 bridgehead atoms. The van der Waals surface area contributed by atoms with Crippen LogP contribution in [0.2, 0.25) is 0 Å². The van der Waals surface area contributed by atoms with E-state index in [9.17, 15) is 4.79 Å². The minimum Gasteiger partial charge on any atom is -0.376 e. The fraction of sp³-hybridized carbons (Fsp3) is 0.167. The summed E-state index contributed by atoms with van der Waals surface area (Å²) in [6.45, 7) is 1.70. The molecule has 2 heterocycles. The SMILES string of the molecule is O=C1CNc2ccccc2CN1Cc1cc2ccccc2s1. The number of benzene rings is 2. The molecule has 0 unspecified atom stereocenters. The van der Waals surface area contributed by atoms with Gasteiger partial charge >= 0.3 is 0 Å². The van der Waals surface area contributed by atoms with Gasteiger partial charge in [-0.15, -0.1) is 11.3 Å². The zero-order valence-corrected chi connectivity index (χ0v) is 12.9. The fourth-order valence-corrected chi connectivity index (χ4v) is 3.93. The molecular formula is C18H16N2OS. The second-order valence-electron chi connectivity index (χ2n) is 5.51. The molecule has 3 nitrogen and oxygen atoms in total. The summed E-state index contributed by atoms with van der Waals surface area (Å²) in [4.78, 5) is 15.5. The van der Waals surface area contributed by atoms with Crippen LogP contribution in [0.5, 0.6) is 0 Å². The Kier molecular flexibility index (Phi) is 3.31. The molecule has 1 aliphatic heterocycles. The van der Waals surface area contributed by atoms with Gasteiger partial charge in [0.2, 0.25) is 5.91 Å². The lowest BCUT2D eigenvalue weighted by atomic mass is 10.1. The van der Waals surface area contributed by atoms with Crippen molar-refractivity contribution in [3.8, 4) is 0 Å². The van der Waals surface area contributed by atoms with E-state index in [0.717, 1.165) is 5.69 Å². The molecule has 0 saturated carbocycles. The van der Waals surface area contributed by atoms with Crippen molar-refractivity contribution in [2.75, 3.05) is 11.9 Å². The van der Waals surface area contributed by atoms with Gasteiger partial charge in [0.15, 0.2) is 0 Å². The number of nitrogens with one attached hydrogen (secondary N) is 1. The van der Waals surface area contributed by atoms with E-state index in [0.29, 0.717) is 19.6 Å². The van der Waals surface area contributed by atoms with Gasteiger partial charge in [0, 0.05) is 21.8 Å². The first-order chi connectivity index (χ1) is 10.8. The Labute approximate surface area is 133 Å². The average Bonchev–Trinajstić information content (AvgIpc) is 2.88. The highest BCUT2D eigenvalue weighted by Crippen LogP contribution is 2.28. The highest BCUT2D eigenvalue weighted by molar-refractivity contribution is 7.19. The van der Waals surface area contributed by atoms with E-state index in [-0.39, 0.29) is 5.91 Å². The second-order valence-corrected chi connectivity index (χ2v) is 6.68. The van der Waals surface area contributed by atoms with Crippen molar-refractivity contribution in [1.29, 1.82) is 0 Å². The Balaban J connectivity index is 1.62. The van der Waals surface area contributed by atoms with Gasteiger partial charge in [0.25, 0.3) is 0 Å². The third kappa shape index (κ3) is 2.46. The van der Waals surface area contributed by atoms with Crippen LogP contribution in [-0.4, -0.2) is 17.4 Å². The molecule has 1 aromatic heterocycles. The molecule has 2 aromatic carbocycles. The largest absolute Gasteiger partial charge is 0.376 e. The molecule has 0 aliphatic carbocycles. The monoisotopic (exact) mass is 308 g/mol. The molecule has 0 spiro atoms. The lowest BCUT2D eigenvalue weighted by Crippen LogP contribution is -2.31. The normalized spacial score (nSPS) is 14.5. The van der Waals surface area contributed by atoms with Crippen molar-refractivity contribution in [3.05, 3.63) is 65.0 Å². The molecule has 1 N–H and O–H groups in total. The topological polar surface area (TPSA) is 32.3 Å². The van der Waals surface area contributed by atoms with Crippen molar-refractivity contribution in [2.24, 2.45) is 0 Å². The minimum atomic E-state index is 0.147. The lowest BCUT2D eigenvalue weighted by molar-refractivity contribution is -0.130. The summed E-state index contributed by atoms with van der Waals surface area (Å²) in [7, 11) is 0. The molecule has 3 aromatic rings. The summed E-state index contributed by atoms with van der Waals surface area (Å²) in [6, 6.07) is 18.7. The van der Waals surface area contributed by atoms with Gasteiger partial charge in [-0.25, -0.2) is 0 Å². The fourth-order valence-electron chi connectivity index (χ4n) is 2.85. The van der Waals surface area contributed by atoms with Crippen molar-refractivity contribution in [1.82, 2.24) is 4.90 Å². The number of amides is 1. The summed E-state index contributed by atoms with van der Waals surface area (Å²) >= 11 is 1.77. The maximum atomic E-state index is 12.4. The van der Waals surface area contributed by atoms with Crippen LogP contribution >= 0.6 is 11.3 Å². The maximum Gasteiger partial charge on any atom is 0.242 e.